The first-order valence-electron chi connectivity index (χ1n) is 9.94. The van der Waals surface area contributed by atoms with Crippen molar-refractivity contribution in [2.24, 2.45) is 0 Å². The van der Waals surface area contributed by atoms with Gasteiger partial charge in [-0.1, -0.05) is 41.8 Å². The fourth-order valence-electron chi connectivity index (χ4n) is 4.50. The summed E-state index contributed by atoms with van der Waals surface area (Å²) in [6.45, 7) is 1.82. The summed E-state index contributed by atoms with van der Waals surface area (Å²) in [5.41, 5.74) is 1.48. The van der Waals surface area contributed by atoms with Gasteiger partial charge in [0, 0.05) is 18.1 Å². The molecule has 1 aromatic carbocycles. The highest BCUT2D eigenvalue weighted by molar-refractivity contribution is 6.30. The van der Waals surface area contributed by atoms with E-state index in [0.717, 1.165) is 36.9 Å². The van der Waals surface area contributed by atoms with Crippen LogP contribution >= 0.6 is 11.6 Å². The molecule has 1 saturated heterocycles. The molecule has 5 rings (SSSR count). The maximum Gasteiger partial charge on any atom is 0.233 e. The predicted octanol–water partition coefficient (Wildman–Crippen LogP) is 2.47. The fourth-order valence-corrected chi connectivity index (χ4v) is 4.62. The SMILES string of the molecule is O=C(N1CC(n2cc(Cn3nccn3)nn2)C1)C1(c2ccc(Cl)cc2)CCCC1. The molecule has 0 N–H and O–H groups in total. The van der Waals surface area contributed by atoms with E-state index >= 15 is 0 Å². The molecular formula is C20H22ClN7O. The van der Waals surface area contributed by atoms with Crippen LogP contribution in [0.15, 0.2) is 42.9 Å². The zero-order valence-corrected chi connectivity index (χ0v) is 16.7. The Morgan fingerprint density at radius 2 is 1.79 bits per heavy atom. The van der Waals surface area contributed by atoms with E-state index < -0.39 is 5.41 Å². The van der Waals surface area contributed by atoms with Crippen molar-refractivity contribution in [2.45, 2.75) is 43.7 Å². The lowest BCUT2D eigenvalue weighted by Crippen LogP contribution is -2.56. The Labute approximate surface area is 173 Å². The Hall–Kier alpha value is -2.74. The molecule has 1 aliphatic carbocycles. The lowest BCUT2D eigenvalue weighted by molar-refractivity contribution is -0.143. The molecule has 0 atom stereocenters. The molecule has 1 saturated carbocycles. The fraction of sp³-hybridized carbons (Fsp3) is 0.450. The Kier molecular flexibility index (Phi) is 4.58. The molecule has 0 unspecified atom stereocenters. The van der Waals surface area contributed by atoms with E-state index in [9.17, 15) is 4.79 Å². The van der Waals surface area contributed by atoms with E-state index in [-0.39, 0.29) is 11.9 Å². The zero-order chi connectivity index (χ0) is 19.8. The molecule has 2 fully saturated rings. The number of hydrogen-bond acceptors (Lipinski definition) is 5. The van der Waals surface area contributed by atoms with Crippen LogP contribution in [0.1, 0.15) is 43.0 Å². The number of halogens is 1. The average Bonchev–Trinajstić information content (AvgIpc) is 3.44. The van der Waals surface area contributed by atoms with Crippen LogP contribution in [-0.4, -0.2) is 53.9 Å². The number of benzene rings is 1. The van der Waals surface area contributed by atoms with Crippen molar-refractivity contribution in [3.63, 3.8) is 0 Å². The molecule has 2 aliphatic rings. The second kappa shape index (κ2) is 7.26. The number of carbonyl (C=O) groups is 1. The maximum absolute atomic E-state index is 13.5. The van der Waals surface area contributed by atoms with Gasteiger partial charge in [0.15, 0.2) is 0 Å². The topological polar surface area (TPSA) is 81.7 Å². The van der Waals surface area contributed by atoms with Gasteiger partial charge in [-0.15, -0.1) is 5.10 Å². The predicted molar refractivity (Wildman–Crippen MR) is 106 cm³/mol. The third kappa shape index (κ3) is 3.31. The lowest BCUT2D eigenvalue weighted by Gasteiger charge is -2.44. The highest BCUT2D eigenvalue weighted by atomic mass is 35.5. The number of likely N-dealkylation sites (tertiary alicyclic amines) is 1. The minimum Gasteiger partial charge on any atom is -0.337 e. The Morgan fingerprint density at radius 3 is 2.48 bits per heavy atom. The van der Waals surface area contributed by atoms with Crippen molar-refractivity contribution < 1.29 is 4.79 Å². The molecule has 1 aliphatic heterocycles. The number of amides is 1. The van der Waals surface area contributed by atoms with Crippen molar-refractivity contribution >= 4 is 17.5 Å². The van der Waals surface area contributed by atoms with Crippen LogP contribution in [0.5, 0.6) is 0 Å². The van der Waals surface area contributed by atoms with Crippen LogP contribution in [0.4, 0.5) is 0 Å². The van der Waals surface area contributed by atoms with Crippen LogP contribution in [0.25, 0.3) is 0 Å². The molecule has 0 radical (unpaired) electrons. The van der Waals surface area contributed by atoms with Crippen molar-refractivity contribution in [2.75, 3.05) is 13.1 Å². The number of aromatic nitrogens is 6. The third-order valence-corrected chi connectivity index (χ3v) is 6.37. The van der Waals surface area contributed by atoms with Gasteiger partial charge in [0.25, 0.3) is 0 Å². The zero-order valence-electron chi connectivity index (χ0n) is 16.0. The summed E-state index contributed by atoms with van der Waals surface area (Å²) in [6.07, 6.45) is 9.16. The summed E-state index contributed by atoms with van der Waals surface area (Å²) in [7, 11) is 0. The normalized spacial score (nSPS) is 18.7. The van der Waals surface area contributed by atoms with Crippen LogP contribution < -0.4 is 0 Å². The van der Waals surface area contributed by atoms with Gasteiger partial charge in [-0.05, 0) is 30.5 Å². The lowest BCUT2D eigenvalue weighted by atomic mass is 9.77. The van der Waals surface area contributed by atoms with Gasteiger partial charge < -0.3 is 4.90 Å². The van der Waals surface area contributed by atoms with Crippen LogP contribution in [0.2, 0.25) is 5.02 Å². The summed E-state index contributed by atoms with van der Waals surface area (Å²) in [5.74, 6) is 0.231. The molecule has 8 nitrogen and oxygen atoms in total. The van der Waals surface area contributed by atoms with Gasteiger partial charge in [0.05, 0.1) is 30.0 Å². The largest absolute Gasteiger partial charge is 0.337 e. The van der Waals surface area contributed by atoms with E-state index in [1.165, 1.54) is 0 Å². The number of hydrogen-bond donors (Lipinski definition) is 0. The highest BCUT2D eigenvalue weighted by Crippen LogP contribution is 2.44. The van der Waals surface area contributed by atoms with E-state index in [0.29, 0.717) is 24.7 Å². The van der Waals surface area contributed by atoms with Gasteiger partial charge in [-0.25, -0.2) is 4.68 Å². The first kappa shape index (κ1) is 18.3. The van der Waals surface area contributed by atoms with Crippen molar-refractivity contribution in [3.05, 3.63) is 59.1 Å². The van der Waals surface area contributed by atoms with E-state index in [1.54, 1.807) is 17.2 Å². The van der Waals surface area contributed by atoms with Gasteiger partial charge in [0.2, 0.25) is 5.91 Å². The van der Waals surface area contributed by atoms with Crippen molar-refractivity contribution in [1.29, 1.82) is 0 Å². The third-order valence-electron chi connectivity index (χ3n) is 6.11. The molecule has 150 valence electrons. The number of nitrogens with zero attached hydrogens (tertiary/aromatic N) is 7. The molecule has 1 amide bonds. The van der Waals surface area contributed by atoms with E-state index in [2.05, 4.69) is 20.5 Å². The minimum absolute atomic E-state index is 0.162. The molecule has 3 aromatic rings. The van der Waals surface area contributed by atoms with Gasteiger partial charge >= 0.3 is 0 Å². The van der Waals surface area contributed by atoms with Gasteiger partial charge in [-0.3, -0.25) is 4.79 Å². The quantitative estimate of drug-likeness (QED) is 0.644. The summed E-state index contributed by atoms with van der Waals surface area (Å²) in [4.78, 5) is 17.0. The average molecular weight is 412 g/mol. The molecular weight excluding hydrogens is 390 g/mol. The molecule has 0 bridgehead atoms. The van der Waals surface area contributed by atoms with E-state index in [4.69, 9.17) is 11.6 Å². The van der Waals surface area contributed by atoms with Crippen LogP contribution in [0.3, 0.4) is 0 Å². The summed E-state index contributed by atoms with van der Waals surface area (Å²) < 4.78 is 1.85. The Bertz CT molecular complexity index is 986. The van der Waals surface area contributed by atoms with Gasteiger partial charge in [-0.2, -0.15) is 15.0 Å². The Balaban J connectivity index is 1.27. The molecule has 0 spiro atoms. The van der Waals surface area contributed by atoms with Crippen LogP contribution in [0, 0.1) is 0 Å². The van der Waals surface area contributed by atoms with E-state index in [1.807, 2.05) is 40.0 Å². The number of carbonyl (C=O) groups excluding carboxylic acids is 1. The van der Waals surface area contributed by atoms with Crippen molar-refractivity contribution in [3.8, 4) is 0 Å². The molecule has 29 heavy (non-hydrogen) atoms. The molecule has 9 heteroatoms. The smallest absolute Gasteiger partial charge is 0.233 e. The monoisotopic (exact) mass is 411 g/mol. The first-order chi connectivity index (χ1) is 14.1. The number of rotatable bonds is 5. The van der Waals surface area contributed by atoms with Crippen LogP contribution in [-0.2, 0) is 16.8 Å². The summed E-state index contributed by atoms with van der Waals surface area (Å²) >= 11 is 6.06. The molecule has 2 aromatic heterocycles. The highest BCUT2D eigenvalue weighted by Gasteiger charge is 2.48. The maximum atomic E-state index is 13.5. The standard InChI is InChI=1S/C20H22ClN7O/c21-16-5-3-15(4-6-16)20(7-1-2-8-20)19(29)26-13-18(14-26)27-11-17(24-25-27)12-28-22-9-10-23-28/h3-6,9-11,18H,1-2,7-8,12-14H2. The second-order valence-corrected chi connectivity index (χ2v) is 8.35. The first-order valence-corrected chi connectivity index (χ1v) is 10.3. The van der Waals surface area contributed by atoms with Gasteiger partial charge in [0.1, 0.15) is 12.2 Å². The minimum atomic E-state index is -0.408. The molecule has 3 heterocycles. The summed E-state index contributed by atoms with van der Waals surface area (Å²) in [6, 6.07) is 7.95. The second-order valence-electron chi connectivity index (χ2n) is 7.91. The Morgan fingerprint density at radius 1 is 1.10 bits per heavy atom. The van der Waals surface area contributed by atoms with Crippen molar-refractivity contribution in [1.82, 2.24) is 34.9 Å². The summed E-state index contributed by atoms with van der Waals surface area (Å²) in [5, 5.41) is 17.3.